The highest BCUT2D eigenvalue weighted by molar-refractivity contribution is 5.74. The quantitative estimate of drug-likeness (QED) is 0.207. The standard InChI is InChI=1S/C33H36F3N3O4/c1-5-38-29(37-39(31(38)42)21-23-11-16-27(17-12-23)32(2,3)4)8-6-7-22-9-13-24(14-10-22)25-15-18-28(43-33(34,35)36)26(19-25)20-30(40)41/h9-19H,5-8,20-21H2,1-4H3,(H,40,41). The maximum absolute atomic E-state index is 13.0. The van der Waals surface area contributed by atoms with Crippen molar-refractivity contribution in [2.45, 2.75) is 78.2 Å². The number of carbonyl (C=O) groups is 1. The summed E-state index contributed by atoms with van der Waals surface area (Å²) in [6.07, 6.45) is -3.39. The Morgan fingerprint density at radius 2 is 1.53 bits per heavy atom. The van der Waals surface area contributed by atoms with Crippen molar-refractivity contribution in [1.29, 1.82) is 0 Å². The van der Waals surface area contributed by atoms with Gasteiger partial charge in [0, 0.05) is 18.5 Å². The fraction of sp³-hybridized carbons (Fsp3) is 0.364. The number of hydrogen-bond acceptors (Lipinski definition) is 4. The summed E-state index contributed by atoms with van der Waals surface area (Å²) in [6, 6.07) is 19.8. The molecule has 0 saturated carbocycles. The first-order chi connectivity index (χ1) is 20.2. The van der Waals surface area contributed by atoms with Crippen LogP contribution in [-0.4, -0.2) is 31.8 Å². The van der Waals surface area contributed by atoms with Crippen LogP contribution in [0, 0.1) is 0 Å². The molecule has 7 nitrogen and oxygen atoms in total. The molecule has 0 aliphatic carbocycles. The molecule has 0 unspecified atom stereocenters. The van der Waals surface area contributed by atoms with Crippen molar-refractivity contribution < 1.29 is 27.8 Å². The minimum atomic E-state index is -4.92. The van der Waals surface area contributed by atoms with Crippen molar-refractivity contribution in [1.82, 2.24) is 14.3 Å². The number of aryl methyl sites for hydroxylation is 2. The molecule has 0 atom stereocenters. The van der Waals surface area contributed by atoms with Crippen molar-refractivity contribution in [3.05, 3.63) is 105 Å². The van der Waals surface area contributed by atoms with Gasteiger partial charge in [0.2, 0.25) is 0 Å². The predicted molar refractivity (Wildman–Crippen MR) is 158 cm³/mol. The van der Waals surface area contributed by atoms with Crippen LogP contribution in [0.25, 0.3) is 11.1 Å². The van der Waals surface area contributed by atoms with Gasteiger partial charge in [-0.3, -0.25) is 9.36 Å². The molecule has 43 heavy (non-hydrogen) atoms. The molecule has 0 fully saturated rings. The van der Waals surface area contributed by atoms with Gasteiger partial charge in [-0.05, 0) is 65.1 Å². The van der Waals surface area contributed by atoms with Crippen LogP contribution >= 0.6 is 0 Å². The van der Waals surface area contributed by atoms with Crippen molar-refractivity contribution in [3.8, 4) is 16.9 Å². The Hall–Kier alpha value is -4.34. The second-order valence-corrected chi connectivity index (χ2v) is 11.5. The van der Waals surface area contributed by atoms with E-state index >= 15 is 0 Å². The highest BCUT2D eigenvalue weighted by atomic mass is 19.4. The third-order valence-electron chi connectivity index (χ3n) is 7.25. The maximum atomic E-state index is 13.0. The number of hydrogen-bond donors (Lipinski definition) is 1. The smallest absolute Gasteiger partial charge is 0.481 e. The summed E-state index contributed by atoms with van der Waals surface area (Å²) >= 11 is 0. The van der Waals surface area contributed by atoms with E-state index in [4.69, 9.17) is 5.11 Å². The summed E-state index contributed by atoms with van der Waals surface area (Å²) in [6.45, 7) is 9.35. The van der Waals surface area contributed by atoms with Gasteiger partial charge in [-0.2, -0.15) is 5.10 Å². The van der Waals surface area contributed by atoms with Gasteiger partial charge < -0.3 is 9.84 Å². The SMILES string of the molecule is CCn1c(CCCc2ccc(-c3ccc(OC(F)(F)F)c(CC(=O)O)c3)cc2)nn(Cc2ccc(C(C)(C)C)cc2)c1=O. The molecule has 0 aliphatic heterocycles. The number of ether oxygens (including phenoxy) is 1. The summed E-state index contributed by atoms with van der Waals surface area (Å²) in [5.41, 5.74) is 4.48. The number of carboxylic acid groups (broad SMARTS) is 1. The number of rotatable bonds is 11. The molecule has 10 heteroatoms. The number of halogens is 3. The fourth-order valence-electron chi connectivity index (χ4n) is 4.97. The van der Waals surface area contributed by atoms with Crippen LogP contribution in [-0.2, 0) is 42.6 Å². The van der Waals surface area contributed by atoms with Gasteiger partial charge >= 0.3 is 18.0 Å². The molecule has 1 aromatic heterocycles. The third kappa shape index (κ3) is 8.37. The highest BCUT2D eigenvalue weighted by Crippen LogP contribution is 2.31. The second-order valence-electron chi connectivity index (χ2n) is 11.5. The zero-order chi connectivity index (χ0) is 31.4. The Morgan fingerprint density at radius 3 is 2.12 bits per heavy atom. The van der Waals surface area contributed by atoms with Crippen LogP contribution in [0.15, 0.2) is 71.5 Å². The van der Waals surface area contributed by atoms with E-state index in [9.17, 15) is 22.8 Å². The highest BCUT2D eigenvalue weighted by Gasteiger charge is 2.32. The number of benzene rings is 3. The minimum Gasteiger partial charge on any atom is -0.481 e. The maximum Gasteiger partial charge on any atom is 0.573 e. The number of alkyl halides is 3. The molecule has 4 rings (SSSR count). The Bertz CT molecular complexity index is 1610. The molecule has 0 aliphatic rings. The monoisotopic (exact) mass is 595 g/mol. The van der Waals surface area contributed by atoms with E-state index in [0.717, 1.165) is 41.4 Å². The van der Waals surface area contributed by atoms with Crippen LogP contribution in [0.1, 0.15) is 62.2 Å². The zero-order valence-electron chi connectivity index (χ0n) is 24.7. The summed E-state index contributed by atoms with van der Waals surface area (Å²) in [5, 5.41) is 13.8. The van der Waals surface area contributed by atoms with Crippen LogP contribution < -0.4 is 10.4 Å². The molecule has 4 aromatic rings. The Labute approximate surface area is 248 Å². The molecule has 1 heterocycles. The van der Waals surface area contributed by atoms with Crippen molar-refractivity contribution in [2.75, 3.05) is 0 Å². The van der Waals surface area contributed by atoms with Gasteiger partial charge in [-0.15, -0.1) is 13.2 Å². The Kier molecular flexibility index (Phi) is 9.47. The van der Waals surface area contributed by atoms with Crippen LogP contribution in [0.2, 0.25) is 0 Å². The van der Waals surface area contributed by atoms with Gasteiger partial charge in [-0.25, -0.2) is 9.48 Å². The lowest BCUT2D eigenvalue weighted by molar-refractivity contribution is -0.274. The van der Waals surface area contributed by atoms with Crippen molar-refractivity contribution >= 4 is 5.97 Å². The van der Waals surface area contributed by atoms with Gasteiger partial charge in [0.15, 0.2) is 0 Å². The molecule has 0 radical (unpaired) electrons. The number of carboxylic acids is 1. The van der Waals surface area contributed by atoms with Crippen molar-refractivity contribution in [2.24, 2.45) is 0 Å². The molecule has 0 bridgehead atoms. The first kappa shape index (κ1) is 31.6. The predicted octanol–water partition coefficient (Wildman–Crippen LogP) is 6.78. The Morgan fingerprint density at radius 1 is 0.907 bits per heavy atom. The number of aromatic nitrogens is 3. The molecule has 0 amide bonds. The largest absolute Gasteiger partial charge is 0.573 e. The summed E-state index contributed by atoms with van der Waals surface area (Å²) in [4.78, 5) is 24.2. The van der Waals surface area contributed by atoms with Crippen LogP contribution in [0.4, 0.5) is 13.2 Å². The van der Waals surface area contributed by atoms with Crippen molar-refractivity contribution in [3.63, 3.8) is 0 Å². The number of nitrogens with zero attached hydrogens (tertiary/aromatic N) is 3. The molecular weight excluding hydrogens is 559 g/mol. The lowest BCUT2D eigenvalue weighted by Gasteiger charge is -2.19. The molecule has 0 saturated heterocycles. The van der Waals surface area contributed by atoms with E-state index in [1.807, 2.05) is 43.3 Å². The Balaban J connectivity index is 1.41. The average molecular weight is 596 g/mol. The second kappa shape index (κ2) is 12.9. The molecule has 3 aromatic carbocycles. The molecular formula is C33H36F3N3O4. The summed E-state index contributed by atoms with van der Waals surface area (Å²) in [5.74, 6) is -1.04. The van der Waals surface area contributed by atoms with E-state index in [-0.39, 0.29) is 16.7 Å². The number of aliphatic carboxylic acids is 1. The molecule has 1 N–H and O–H groups in total. The zero-order valence-corrected chi connectivity index (χ0v) is 24.7. The first-order valence-electron chi connectivity index (χ1n) is 14.2. The van der Waals surface area contributed by atoms with Gasteiger partial charge in [0.05, 0.1) is 13.0 Å². The third-order valence-corrected chi connectivity index (χ3v) is 7.25. The normalized spacial score (nSPS) is 12.0. The van der Waals surface area contributed by atoms with E-state index < -0.39 is 24.5 Å². The fourth-order valence-corrected chi connectivity index (χ4v) is 4.97. The van der Waals surface area contributed by atoms with Crippen LogP contribution in [0.3, 0.4) is 0 Å². The van der Waals surface area contributed by atoms with Gasteiger partial charge in [-0.1, -0.05) is 75.4 Å². The van der Waals surface area contributed by atoms with Crippen LogP contribution in [0.5, 0.6) is 5.75 Å². The van der Waals surface area contributed by atoms with E-state index in [0.29, 0.717) is 25.1 Å². The summed E-state index contributed by atoms with van der Waals surface area (Å²) < 4.78 is 45.4. The summed E-state index contributed by atoms with van der Waals surface area (Å²) in [7, 11) is 0. The van der Waals surface area contributed by atoms with Gasteiger partial charge in [0.1, 0.15) is 11.6 Å². The van der Waals surface area contributed by atoms with E-state index in [2.05, 4.69) is 42.7 Å². The lowest BCUT2D eigenvalue weighted by atomic mass is 9.87. The van der Waals surface area contributed by atoms with E-state index in [1.54, 1.807) is 4.57 Å². The average Bonchev–Trinajstić information content (AvgIpc) is 3.22. The minimum absolute atomic E-state index is 0.0544. The van der Waals surface area contributed by atoms with Gasteiger partial charge in [0.25, 0.3) is 0 Å². The molecule has 228 valence electrons. The topological polar surface area (TPSA) is 86.3 Å². The first-order valence-corrected chi connectivity index (χ1v) is 14.2. The molecule has 0 spiro atoms. The lowest BCUT2D eigenvalue weighted by Crippen LogP contribution is -2.25. The van der Waals surface area contributed by atoms with E-state index in [1.165, 1.54) is 22.4 Å².